The number of nitrogens with one attached hydrogen (secondary N) is 1. The highest BCUT2D eigenvalue weighted by atomic mass is 19.1. The standard InChI is InChI=1S/C13H17F2NO4/c1-2-13(7-17,8-18)16-12(19)6-20-11-4-3-9(14)5-10(11)15/h3-5,17-18H,2,6-8H2,1H3,(H,16,19). The van der Waals surface area contributed by atoms with Gasteiger partial charge in [0.1, 0.15) is 5.82 Å². The van der Waals surface area contributed by atoms with Crippen LogP contribution in [0.3, 0.4) is 0 Å². The molecule has 5 nitrogen and oxygen atoms in total. The van der Waals surface area contributed by atoms with E-state index >= 15 is 0 Å². The first-order valence-electron chi connectivity index (χ1n) is 6.07. The number of halogens is 2. The fourth-order valence-electron chi connectivity index (χ4n) is 1.51. The van der Waals surface area contributed by atoms with E-state index in [1.807, 2.05) is 0 Å². The minimum atomic E-state index is -1.14. The molecule has 0 unspecified atom stereocenters. The zero-order valence-electron chi connectivity index (χ0n) is 11.0. The van der Waals surface area contributed by atoms with Crippen LogP contribution in [0.2, 0.25) is 0 Å². The summed E-state index contributed by atoms with van der Waals surface area (Å²) in [5.74, 6) is -2.54. The van der Waals surface area contributed by atoms with E-state index in [0.717, 1.165) is 12.1 Å². The summed E-state index contributed by atoms with van der Waals surface area (Å²) in [5, 5.41) is 20.8. The van der Waals surface area contributed by atoms with Gasteiger partial charge in [0.25, 0.3) is 5.91 Å². The van der Waals surface area contributed by atoms with Crippen LogP contribution in [0.5, 0.6) is 5.75 Å². The van der Waals surface area contributed by atoms with Gasteiger partial charge in [-0.2, -0.15) is 0 Å². The molecule has 112 valence electrons. The van der Waals surface area contributed by atoms with Gasteiger partial charge in [0.2, 0.25) is 0 Å². The van der Waals surface area contributed by atoms with E-state index in [1.54, 1.807) is 6.92 Å². The molecular formula is C13H17F2NO4. The van der Waals surface area contributed by atoms with E-state index in [9.17, 15) is 13.6 Å². The minimum Gasteiger partial charge on any atom is -0.481 e. The molecule has 0 radical (unpaired) electrons. The average molecular weight is 289 g/mol. The molecule has 0 aromatic heterocycles. The fourth-order valence-corrected chi connectivity index (χ4v) is 1.51. The maximum atomic E-state index is 13.3. The van der Waals surface area contributed by atoms with Gasteiger partial charge >= 0.3 is 0 Å². The Morgan fingerprint density at radius 1 is 1.35 bits per heavy atom. The molecule has 0 heterocycles. The van der Waals surface area contributed by atoms with Crippen LogP contribution in [0.15, 0.2) is 18.2 Å². The number of aliphatic hydroxyl groups excluding tert-OH is 2. The molecule has 1 amide bonds. The monoisotopic (exact) mass is 289 g/mol. The Morgan fingerprint density at radius 3 is 2.50 bits per heavy atom. The van der Waals surface area contributed by atoms with Crippen molar-refractivity contribution in [3.8, 4) is 5.75 Å². The topological polar surface area (TPSA) is 78.8 Å². The van der Waals surface area contributed by atoms with Crippen molar-refractivity contribution in [3.63, 3.8) is 0 Å². The summed E-state index contributed by atoms with van der Waals surface area (Å²) in [6.07, 6.45) is 0.316. The molecule has 3 N–H and O–H groups in total. The van der Waals surface area contributed by atoms with E-state index in [-0.39, 0.29) is 5.75 Å². The van der Waals surface area contributed by atoms with Crippen LogP contribution in [-0.4, -0.2) is 41.5 Å². The first kappa shape index (κ1) is 16.3. The van der Waals surface area contributed by atoms with Crippen molar-refractivity contribution in [2.75, 3.05) is 19.8 Å². The third-order valence-electron chi connectivity index (χ3n) is 2.94. The second-order valence-corrected chi connectivity index (χ2v) is 4.36. The van der Waals surface area contributed by atoms with Crippen LogP contribution in [0.25, 0.3) is 0 Å². The van der Waals surface area contributed by atoms with Gasteiger partial charge in [-0.15, -0.1) is 0 Å². The Kier molecular flexibility index (Phi) is 5.84. The van der Waals surface area contributed by atoms with Crippen molar-refractivity contribution in [1.82, 2.24) is 5.32 Å². The third-order valence-corrected chi connectivity index (χ3v) is 2.94. The molecule has 0 saturated heterocycles. The first-order valence-corrected chi connectivity index (χ1v) is 6.07. The largest absolute Gasteiger partial charge is 0.481 e. The lowest BCUT2D eigenvalue weighted by molar-refractivity contribution is -0.126. The van der Waals surface area contributed by atoms with Crippen LogP contribution in [0.1, 0.15) is 13.3 Å². The van der Waals surface area contributed by atoms with Crippen LogP contribution < -0.4 is 10.1 Å². The molecule has 0 saturated carbocycles. The predicted octanol–water partition coefficient (Wildman–Crippen LogP) is 0.593. The van der Waals surface area contributed by atoms with Gasteiger partial charge < -0.3 is 20.3 Å². The summed E-state index contributed by atoms with van der Waals surface area (Å²) in [5.41, 5.74) is -1.14. The second-order valence-electron chi connectivity index (χ2n) is 4.36. The number of amides is 1. The third kappa shape index (κ3) is 4.14. The Labute approximate surface area is 115 Å². The summed E-state index contributed by atoms with van der Waals surface area (Å²) < 4.78 is 30.9. The molecule has 1 aromatic carbocycles. The van der Waals surface area contributed by atoms with Gasteiger partial charge in [-0.3, -0.25) is 4.79 Å². The predicted molar refractivity (Wildman–Crippen MR) is 67.2 cm³/mol. The summed E-state index contributed by atoms with van der Waals surface area (Å²) in [7, 11) is 0. The maximum Gasteiger partial charge on any atom is 0.258 e. The smallest absolute Gasteiger partial charge is 0.258 e. The molecule has 1 rings (SSSR count). The minimum absolute atomic E-state index is 0.253. The first-order chi connectivity index (χ1) is 9.46. The lowest BCUT2D eigenvalue weighted by atomic mass is 9.98. The van der Waals surface area contributed by atoms with Gasteiger partial charge in [0, 0.05) is 6.07 Å². The van der Waals surface area contributed by atoms with Crippen LogP contribution in [0, 0.1) is 11.6 Å². The normalized spacial score (nSPS) is 11.2. The number of benzene rings is 1. The highest BCUT2D eigenvalue weighted by Crippen LogP contribution is 2.17. The summed E-state index contributed by atoms with van der Waals surface area (Å²) >= 11 is 0. The Morgan fingerprint density at radius 2 is 2.00 bits per heavy atom. The molecular weight excluding hydrogens is 272 g/mol. The van der Waals surface area contributed by atoms with Gasteiger partial charge in [0.15, 0.2) is 18.2 Å². The van der Waals surface area contributed by atoms with Gasteiger partial charge in [0.05, 0.1) is 18.8 Å². The number of carbonyl (C=O) groups is 1. The Bertz CT molecular complexity index is 455. The zero-order chi connectivity index (χ0) is 15.2. The lowest BCUT2D eigenvalue weighted by Crippen LogP contribution is -2.55. The SMILES string of the molecule is CCC(CO)(CO)NC(=O)COc1ccc(F)cc1F. The number of aliphatic hydroxyl groups is 2. The zero-order valence-corrected chi connectivity index (χ0v) is 11.0. The number of hydrogen-bond donors (Lipinski definition) is 3. The van der Waals surface area contributed by atoms with Crippen molar-refractivity contribution in [2.45, 2.75) is 18.9 Å². The molecule has 0 bridgehead atoms. The molecule has 0 aliphatic heterocycles. The summed E-state index contributed by atoms with van der Waals surface area (Å²) in [6.45, 7) is 0.310. The molecule has 0 aliphatic rings. The Balaban J connectivity index is 2.59. The van der Waals surface area contributed by atoms with Crippen LogP contribution >= 0.6 is 0 Å². The van der Waals surface area contributed by atoms with Crippen molar-refractivity contribution in [1.29, 1.82) is 0 Å². The number of ether oxygens (including phenoxy) is 1. The van der Waals surface area contributed by atoms with Gasteiger partial charge in [-0.25, -0.2) is 8.78 Å². The van der Waals surface area contributed by atoms with E-state index in [0.29, 0.717) is 12.5 Å². The highest BCUT2D eigenvalue weighted by Gasteiger charge is 2.28. The summed E-state index contributed by atoms with van der Waals surface area (Å²) in [6, 6.07) is 2.72. The van der Waals surface area contributed by atoms with Crippen LogP contribution in [-0.2, 0) is 4.79 Å². The summed E-state index contributed by atoms with van der Waals surface area (Å²) in [4.78, 5) is 11.6. The molecule has 7 heteroatoms. The van der Waals surface area contributed by atoms with Crippen molar-refractivity contribution >= 4 is 5.91 Å². The van der Waals surface area contributed by atoms with E-state index in [1.165, 1.54) is 0 Å². The number of rotatable bonds is 7. The van der Waals surface area contributed by atoms with Crippen molar-refractivity contribution in [2.24, 2.45) is 0 Å². The molecule has 0 spiro atoms. The van der Waals surface area contributed by atoms with E-state index in [2.05, 4.69) is 5.32 Å². The Hall–Kier alpha value is -1.73. The molecule has 0 atom stereocenters. The average Bonchev–Trinajstić information content (AvgIpc) is 2.44. The maximum absolute atomic E-state index is 13.3. The van der Waals surface area contributed by atoms with Gasteiger partial charge in [-0.05, 0) is 18.6 Å². The van der Waals surface area contributed by atoms with E-state index < -0.39 is 42.9 Å². The van der Waals surface area contributed by atoms with Gasteiger partial charge in [-0.1, -0.05) is 6.92 Å². The second kappa shape index (κ2) is 7.16. The molecule has 20 heavy (non-hydrogen) atoms. The van der Waals surface area contributed by atoms with Crippen molar-refractivity contribution in [3.05, 3.63) is 29.8 Å². The van der Waals surface area contributed by atoms with Crippen LogP contribution in [0.4, 0.5) is 8.78 Å². The number of hydrogen-bond acceptors (Lipinski definition) is 4. The fraction of sp³-hybridized carbons (Fsp3) is 0.462. The lowest BCUT2D eigenvalue weighted by Gasteiger charge is -2.29. The van der Waals surface area contributed by atoms with E-state index in [4.69, 9.17) is 14.9 Å². The molecule has 0 fully saturated rings. The molecule has 0 aliphatic carbocycles. The highest BCUT2D eigenvalue weighted by molar-refractivity contribution is 5.78. The number of carbonyl (C=O) groups excluding carboxylic acids is 1. The van der Waals surface area contributed by atoms with Crippen molar-refractivity contribution < 1.29 is 28.5 Å². The molecule has 1 aromatic rings. The quantitative estimate of drug-likeness (QED) is 0.686.